The number of carbonyl (C=O) groups is 1. The molecule has 1 amide bonds. The Morgan fingerprint density at radius 3 is 2.77 bits per heavy atom. The van der Waals surface area contributed by atoms with E-state index in [0.29, 0.717) is 0 Å². The van der Waals surface area contributed by atoms with Crippen molar-refractivity contribution in [2.24, 2.45) is 5.92 Å². The number of hydrogen-bond donors (Lipinski definition) is 1. The van der Waals surface area contributed by atoms with E-state index in [1.807, 2.05) is 30.3 Å². The third kappa shape index (κ3) is 4.10. The molecule has 1 saturated heterocycles. The third-order valence-corrected chi connectivity index (χ3v) is 6.58. The highest BCUT2D eigenvalue weighted by atomic mass is 35.5. The number of anilines is 1. The van der Waals surface area contributed by atoms with Crippen molar-refractivity contribution in [2.75, 3.05) is 38.2 Å². The largest absolute Gasteiger partial charge is 0.379 e. The summed E-state index contributed by atoms with van der Waals surface area (Å²) in [5.41, 5.74) is 3.12. The number of hydrogen-bond acceptors (Lipinski definition) is 3. The van der Waals surface area contributed by atoms with Crippen LogP contribution in [-0.2, 0) is 16.1 Å². The molecular weight excluding hydrogens is 398 g/mol. The summed E-state index contributed by atoms with van der Waals surface area (Å²) in [6.07, 6.45) is 2.99. The van der Waals surface area contributed by atoms with Gasteiger partial charge in [0.1, 0.15) is 0 Å². The molecule has 2 fully saturated rings. The number of ether oxygens (including phenoxy) is 1. The molecule has 2 aromatic carbocycles. The Balaban J connectivity index is 1.22. The van der Waals surface area contributed by atoms with Crippen LogP contribution in [0.4, 0.5) is 5.69 Å². The van der Waals surface area contributed by atoms with Crippen LogP contribution in [0.5, 0.6) is 0 Å². The molecule has 5 rings (SSSR count). The van der Waals surface area contributed by atoms with Gasteiger partial charge in [0.25, 0.3) is 0 Å². The molecule has 1 N–H and O–H groups in total. The molecule has 2 heterocycles. The topological polar surface area (TPSA) is 46.5 Å². The van der Waals surface area contributed by atoms with Crippen LogP contribution >= 0.6 is 11.6 Å². The van der Waals surface area contributed by atoms with Gasteiger partial charge in [0, 0.05) is 59.9 Å². The van der Waals surface area contributed by atoms with E-state index in [-0.39, 0.29) is 17.7 Å². The fourth-order valence-electron chi connectivity index (χ4n) is 4.39. The highest BCUT2D eigenvalue weighted by Crippen LogP contribution is 2.50. The minimum Gasteiger partial charge on any atom is -0.379 e. The zero-order valence-electron chi connectivity index (χ0n) is 16.9. The van der Waals surface area contributed by atoms with Gasteiger partial charge < -0.3 is 14.6 Å². The van der Waals surface area contributed by atoms with Crippen molar-refractivity contribution in [2.45, 2.75) is 18.9 Å². The van der Waals surface area contributed by atoms with E-state index in [1.165, 1.54) is 5.52 Å². The third-order valence-electron chi connectivity index (χ3n) is 6.23. The lowest BCUT2D eigenvalue weighted by Crippen LogP contribution is -2.38. The molecule has 2 unspecified atom stereocenters. The summed E-state index contributed by atoms with van der Waals surface area (Å²) in [7, 11) is 0. The molecule has 1 aliphatic carbocycles. The Hall–Kier alpha value is -2.34. The second-order valence-electron chi connectivity index (χ2n) is 8.20. The van der Waals surface area contributed by atoms with E-state index in [9.17, 15) is 4.79 Å². The predicted molar refractivity (Wildman–Crippen MR) is 120 cm³/mol. The second-order valence-corrected chi connectivity index (χ2v) is 8.60. The van der Waals surface area contributed by atoms with Crippen LogP contribution in [0, 0.1) is 5.92 Å². The molecule has 6 heteroatoms. The smallest absolute Gasteiger partial charge is 0.228 e. The summed E-state index contributed by atoms with van der Waals surface area (Å²) >= 11 is 6.29. The van der Waals surface area contributed by atoms with E-state index in [4.69, 9.17) is 16.3 Å². The van der Waals surface area contributed by atoms with Crippen molar-refractivity contribution in [3.63, 3.8) is 0 Å². The highest BCUT2D eigenvalue weighted by Gasteiger charge is 2.44. The van der Waals surface area contributed by atoms with Gasteiger partial charge in [0.2, 0.25) is 5.91 Å². The summed E-state index contributed by atoms with van der Waals surface area (Å²) < 4.78 is 7.70. The molecule has 1 aromatic heterocycles. The van der Waals surface area contributed by atoms with Crippen LogP contribution in [0.3, 0.4) is 0 Å². The number of amides is 1. The summed E-state index contributed by atoms with van der Waals surface area (Å²) in [5, 5.41) is 4.99. The van der Waals surface area contributed by atoms with Gasteiger partial charge in [-0.3, -0.25) is 9.69 Å². The van der Waals surface area contributed by atoms with E-state index in [2.05, 4.69) is 39.2 Å². The number of aromatic nitrogens is 1. The van der Waals surface area contributed by atoms with Gasteiger partial charge in [-0.1, -0.05) is 29.8 Å². The zero-order chi connectivity index (χ0) is 20.5. The van der Waals surface area contributed by atoms with Crippen LogP contribution in [0.2, 0.25) is 5.02 Å². The van der Waals surface area contributed by atoms with Gasteiger partial charge >= 0.3 is 0 Å². The molecule has 0 spiro atoms. The molecule has 1 aliphatic heterocycles. The van der Waals surface area contributed by atoms with E-state index < -0.39 is 0 Å². The highest BCUT2D eigenvalue weighted by molar-refractivity contribution is 6.31. The van der Waals surface area contributed by atoms with Gasteiger partial charge in [-0.05, 0) is 48.2 Å². The average molecular weight is 424 g/mol. The lowest BCUT2D eigenvalue weighted by Gasteiger charge is -2.26. The van der Waals surface area contributed by atoms with Crippen molar-refractivity contribution in [1.29, 1.82) is 0 Å². The second kappa shape index (κ2) is 8.42. The predicted octanol–water partition coefficient (Wildman–Crippen LogP) is 4.37. The van der Waals surface area contributed by atoms with Crippen molar-refractivity contribution in [3.8, 4) is 0 Å². The molecule has 156 valence electrons. The Labute approximate surface area is 181 Å². The molecule has 1 saturated carbocycles. The van der Waals surface area contributed by atoms with E-state index >= 15 is 0 Å². The molecular formula is C24H26ClN3O2. The van der Waals surface area contributed by atoms with Crippen molar-refractivity contribution in [1.82, 2.24) is 9.47 Å². The molecule has 3 aromatic rings. The van der Waals surface area contributed by atoms with Gasteiger partial charge in [-0.15, -0.1) is 0 Å². The molecule has 2 atom stereocenters. The first-order valence-corrected chi connectivity index (χ1v) is 11.0. The Bertz CT molecular complexity index is 1060. The van der Waals surface area contributed by atoms with Crippen molar-refractivity contribution >= 4 is 34.1 Å². The number of rotatable bonds is 6. The first-order valence-electron chi connectivity index (χ1n) is 10.6. The number of benzene rings is 2. The van der Waals surface area contributed by atoms with Gasteiger partial charge in [-0.2, -0.15) is 0 Å². The van der Waals surface area contributed by atoms with Gasteiger partial charge in [-0.25, -0.2) is 0 Å². The van der Waals surface area contributed by atoms with Crippen LogP contribution in [-0.4, -0.2) is 48.2 Å². The summed E-state index contributed by atoms with van der Waals surface area (Å²) in [6.45, 7) is 5.65. The molecule has 0 radical (unpaired) electrons. The van der Waals surface area contributed by atoms with E-state index in [0.717, 1.165) is 67.5 Å². The number of halogens is 1. The molecule has 2 aliphatic rings. The quantitative estimate of drug-likeness (QED) is 0.640. The number of nitrogens with zero attached hydrogens (tertiary/aromatic N) is 2. The minimum absolute atomic E-state index is 0.00119. The van der Waals surface area contributed by atoms with Crippen LogP contribution < -0.4 is 5.32 Å². The van der Waals surface area contributed by atoms with Crippen molar-refractivity contribution in [3.05, 3.63) is 65.3 Å². The summed E-state index contributed by atoms with van der Waals surface area (Å²) in [6, 6.07) is 16.1. The molecule has 0 bridgehead atoms. The van der Waals surface area contributed by atoms with Gasteiger partial charge in [0.05, 0.1) is 13.2 Å². The fourth-order valence-corrected chi connectivity index (χ4v) is 4.66. The summed E-state index contributed by atoms with van der Waals surface area (Å²) in [5.74, 6) is 0.299. The number of carbonyl (C=O) groups excluding carboxylic acids is 1. The molecule has 5 nitrogen and oxygen atoms in total. The van der Waals surface area contributed by atoms with Crippen molar-refractivity contribution < 1.29 is 9.53 Å². The zero-order valence-corrected chi connectivity index (χ0v) is 17.6. The minimum atomic E-state index is -0.00119. The fraction of sp³-hybridized carbons (Fsp3) is 0.375. The number of nitrogens with one attached hydrogen (secondary N) is 1. The number of morpholine rings is 1. The van der Waals surface area contributed by atoms with Crippen LogP contribution in [0.25, 0.3) is 10.9 Å². The maximum Gasteiger partial charge on any atom is 0.228 e. The maximum absolute atomic E-state index is 12.7. The summed E-state index contributed by atoms with van der Waals surface area (Å²) in [4.78, 5) is 15.2. The van der Waals surface area contributed by atoms with Crippen LogP contribution in [0.1, 0.15) is 17.9 Å². The lowest BCUT2D eigenvalue weighted by atomic mass is 10.1. The van der Waals surface area contributed by atoms with E-state index in [1.54, 1.807) is 0 Å². The maximum atomic E-state index is 12.7. The monoisotopic (exact) mass is 423 g/mol. The van der Waals surface area contributed by atoms with Gasteiger partial charge in [0.15, 0.2) is 0 Å². The lowest BCUT2D eigenvalue weighted by molar-refractivity contribution is -0.117. The normalized spacial score (nSPS) is 21.6. The SMILES string of the molecule is O=C(Nc1ccc2c(ccn2CCN2CCOCC2)c1)C1CC1c1ccccc1Cl. The van der Waals surface area contributed by atoms with Crippen LogP contribution in [0.15, 0.2) is 54.7 Å². The Kier molecular flexibility index (Phi) is 5.50. The standard InChI is InChI=1S/C24H26ClN3O2/c25-22-4-2-1-3-19(22)20-16-21(20)24(29)26-18-5-6-23-17(15-18)7-8-28(23)10-9-27-11-13-30-14-12-27/h1-8,15,20-21H,9-14,16H2,(H,26,29). The average Bonchev–Trinajstić information content (AvgIpc) is 3.47. The first-order chi connectivity index (χ1) is 14.7. The first kappa shape index (κ1) is 19.6. The molecule has 30 heavy (non-hydrogen) atoms. The Morgan fingerprint density at radius 2 is 1.93 bits per heavy atom. The number of fused-ring (bicyclic) bond motifs is 1. The Morgan fingerprint density at radius 1 is 1.10 bits per heavy atom.